The third-order valence-corrected chi connectivity index (χ3v) is 2.61. The van der Waals surface area contributed by atoms with Crippen LogP contribution in [0.4, 0.5) is 0 Å². The van der Waals surface area contributed by atoms with Gasteiger partial charge in [0.05, 0.1) is 0 Å². The molecule has 1 saturated heterocycles. The molecule has 0 saturated carbocycles. The van der Waals surface area contributed by atoms with Crippen molar-refractivity contribution in [3.05, 3.63) is 0 Å². The van der Waals surface area contributed by atoms with Crippen molar-refractivity contribution in [2.75, 3.05) is 13.1 Å². The van der Waals surface area contributed by atoms with E-state index in [0.29, 0.717) is 12.1 Å². The van der Waals surface area contributed by atoms with Gasteiger partial charge in [-0.1, -0.05) is 6.42 Å². The van der Waals surface area contributed by atoms with Gasteiger partial charge in [-0.2, -0.15) is 0 Å². The summed E-state index contributed by atoms with van der Waals surface area (Å²) in [5, 5.41) is 0. The molecule has 2 nitrogen and oxygen atoms in total. The highest BCUT2D eigenvalue weighted by Gasteiger charge is 2.22. The second kappa shape index (κ2) is 4.07. The van der Waals surface area contributed by atoms with Gasteiger partial charge in [-0.3, -0.25) is 4.90 Å². The van der Waals surface area contributed by atoms with E-state index in [1.807, 2.05) is 0 Å². The summed E-state index contributed by atoms with van der Waals surface area (Å²) in [6.07, 6.45) is 4.02. The van der Waals surface area contributed by atoms with Crippen molar-refractivity contribution >= 4 is 0 Å². The molecule has 1 heterocycles. The van der Waals surface area contributed by atoms with Crippen LogP contribution >= 0.6 is 0 Å². The van der Waals surface area contributed by atoms with Crippen molar-refractivity contribution in [3.8, 4) is 0 Å². The summed E-state index contributed by atoms with van der Waals surface area (Å²) >= 11 is 0. The van der Waals surface area contributed by atoms with Gasteiger partial charge in [0.1, 0.15) is 0 Å². The maximum Gasteiger partial charge on any atom is 0.0221 e. The van der Waals surface area contributed by atoms with E-state index in [2.05, 4.69) is 18.7 Å². The molecule has 1 unspecified atom stereocenters. The molecule has 1 atom stereocenters. The lowest BCUT2D eigenvalue weighted by molar-refractivity contribution is 0.117. The lowest BCUT2D eigenvalue weighted by Gasteiger charge is -2.37. The highest BCUT2D eigenvalue weighted by atomic mass is 15.2. The normalized spacial score (nSPS) is 27.8. The van der Waals surface area contributed by atoms with Gasteiger partial charge in [0.15, 0.2) is 0 Å². The molecule has 0 spiro atoms. The predicted molar refractivity (Wildman–Crippen MR) is 48.5 cm³/mol. The summed E-state index contributed by atoms with van der Waals surface area (Å²) in [5.74, 6) is 0. The minimum atomic E-state index is 0.656. The van der Waals surface area contributed by atoms with E-state index < -0.39 is 0 Å². The van der Waals surface area contributed by atoms with Crippen LogP contribution in [-0.4, -0.2) is 30.1 Å². The monoisotopic (exact) mass is 156 g/mol. The summed E-state index contributed by atoms with van der Waals surface area (Å²) in [6.45, 7) is 6.60. The molecular formula is C9H20N2. The van der Waals surface area contributed by atoms with E-state index >= 15 is 0 Å². The van der Waals surface area contributed by atoms with Crippen molar-refractivity contribution in [2.45, 2.75) is 45.2 Å². The lowest BCUT2D eigenvalue weighted by Crippen LogP contribution is -2.47. The quantitative estimate of drug-likeness (QED) is 0.651. The largest absolute Gasteiger partial charge is 0.329 e. The first-order valence-corrected chi connectivity index (χ1v) is 4.71. The molecule has 2 heteroatoms. The Hall–Kier alpha value is -0.0800. The van der Waals surface area contributed by atoms with Crippen LogP contribution < -0.4 is 5.73 Å². The SMILES string of the molecule is CC(C)N1CCCCC1CN. The van der Waals surface area contributed by atoms with Gasteiger partial charge in [-0.05, 0) is 33.2 Å². The Bertz CT molecular complexity index is 112. The van der Waals surface area contributed by atoms with Gasteiger partial charge >= 0.3 is 0 Å². The first kappa shape index (κ1) is 9.01. The first-order valence-electron chi connectivity index (χ1n) is 4.71. The number of hydrogen-bond donors (Lipinski definition) is 1. The Balaban J connectivity index is 2.44. The predicted octanol–water partition coefficient (Wildman–Crippen LogP) is 1.21. The number of rotatable bonds is 2. The van der Waals surface area contributed by atoms with E-state index in [-0.39, 0.29) is 0 Å². The molecule has 0 amide bonds. The maximum absolute atomic E-state index is 5.69. The van der Waals surface area contributed by atoms with E-state index in [4.69, 9.17) is 5.73 Å². The van der Waals surface area contributed by atoms with Crippen LogP contribution in [0.2, 0.25) is 0 Å². The van der Waals surface area contributed by atoms with Crippen LogP contribution in [0.15, 0.2) is 0 Å². The number of likely N-dealkylation sites (tertiary alicyclic amines) is 1. The third-order valence-electron chi connectivity index (χ3n) is 2.61. The van der Waals surface area contributed by atoms with Gasteiger partial charge < -0.3 is 5.73 Å². The molecule has 0 aromatic rings. The molecule has 1 rings (SSSR count). The topological polar surface area (TPSA) is 29.3 Å². The van der Waals surface area contributed by atoms with Crippen LogP contribution in [0.25, 0.3) is 0 Å². The fourth-order valence-electron chi connectivity index (χ4n) is 1.96. The summed E-state index contributed by atoms with van der Waals surface area (Å²) in [6, 6.07) is 1.33. The lowest BCUT2D eigenvalue weighted by atomic mass is 10.0. The molecule has 1 aliphatic rings. The zero-order chi connectivity index (χ0) is 8.27. The summed E-state index contributed by atoms with van der Waals surface area (Å²) in [4.78, 5) is 2.53. The molecule has 0 radical (unpaired) electrons. The number of hydrogen-bond acceptors (Lipinski definition) is 2. The molecule has 0 aliphatic carbocycles. The van der Waals surface area contributed by atoms with Crippen molar-refractivity contribution in [1.29, 1.82) is 0 Å². The standard InChI is InChI=1S/C9H20N2/c1-8(2)11-6-4-3-5-9(11)7-10/h8-9H,3-7,10H2,1-2H3. The van der Waals surface area contributed by atoms with E-state index in [9.17, 15) is 0 Å². The molecule has 0 aromatic heterocycles. The minimum absolute atomic E-state index is 0.656. The number of nitrogens with two attached hydrogens (primary N) is 1. The molecule has 66 valence electrons. The fraction of sp³-hybridized carbons (Fsp3) is 1.00. The molecule has 1 aliphatic heterocycles. The second-order valence-corrected chi connectivity index (χ2v) is 3.72. The smallest absolute Gasteiger partial charge is 0.0221 e. The van der Waals surface area contributed by atoms with Gasteiger partial charge in [0.25, 0.3) is 0 Å². The maximum atomic E-state index is 5.69. The number of piperidine rings is 1. The average Bonchev–Trinajstić information content (AvgIpc) is 2.04. The van der Waals surface area contributed by atoms with Crippen LogP contribution in [-0.2, 0) is 0 Å². The molecule has 0 bridgehead atoms. The zero-order valence-corrected chi connectivity index (χ0v) is 7.71. The Morgan fingerprint density at radius 3 is 2.64 bits per heavy atom. The number of nitrogens with zero attached hydrogens (tertiary/aromatic N) is 1. The van der Waals surface area contributed by atoms with Crippen molar-refractivity contribution < 1.29 is 0 Å². The highest BCUT2D eigenvalue weighted by molar-refractivity contribution is 4.79. The Labute approximate surface area is 69.8 Å². The molecular weight excluding hydrogens is 136 g/mol. The van der Waals surface area contributed by atoms with E-state index in [1.54, 1.807) is 0 Å². The zero-order valence-electron chi connectivity index (χ0n) is 7.71. The third kappa shape index (κ3) is 2.17. The van der Waals surface area contributed by atoms with E-state index in [0.717, 1.165) is 6.54 Å². The first-order chi connectivity index (χ1) is 5.25. The molecule has 1 fully saturated rings. The van der Waals surface area contributed by atoms with Crippen molar-refractivity contribution in [1.82, 2.24) is 4.90 Å². The summed E-state index contributed by atoms with van der Waals surface area (Å²) in [5.41, 5.74) is 5.69. The van der Waals surface area contributed by atoms with Crippen LogP contribution in [0.3, 0.4) is 0 Å². The Kier molecular flexibility index (Phi) is 3.34. The fourth-order valence-corrected chi connectivity index (χ4v) is 1.96. The second-order valence-electron chi connectivity index (χ2n) is 3.72. The highest BCUT2D eigenvalue weighted by Crippen LogP contribution is 2.18. The van der Waals surface area contributed by atoms with Crippen molar-refractivity contribution in [2.24, 2.45) is 5.73 Å². The minimum Gasteiger partial charge on any atom is -0.329 e. The molecule has 11 heavy (non-hydrogen) atoms. The van der Waals surface area contributed by atoms with Gasteiger partial charge in [-0.25, -0.2) is 0 Å². The average molecular weight is 156 g/mol. The van der Waals surface area contributed by atoms with Crippen LogP contribution in [0.5, 0.6) is 0 Å². The van der Waals surface area contributed by atoms with Crippen LogP contribution in [0, 0.1) is 0 Å². The Morgan fingerprint density at radius 1 is 1.45 bits per heavy atom. The molecule has 0 aromatic carbocycles. The van der Waals surface area contributed by atoms with Gasteiger partial charge in [0.2, 0.25) is 0 Å². The summed E-state index contributed by atoms with van der Waals surface area (Å²) in [7, 11) is 0. The molecule has 2 N–H and O–H groups in total. The Morgan fingerprint density at radius 2 is 2.18 bits per heavy atom. The van der Waals surface area contributed by atoms with Crippen molar-refractivity contribution in [3.63, 3.8) is 0 Å². The van der Waals surface area contributed by atoms with Crippen LogP contribution in [0.1, 0.15) is 33.1 Å². The van der Waals surface area contributed by atoms with E-state index in [1.165, 1.54) is 25.8 Å². The van der Waals surface area contributed by atoms with Gasteiger partial charge in [0, 0.05) is 18.6 Å². The van der Waals surface area contributed by atoms with Gasteiger partial charge in [-0.15, -0.1) is 0 Å². The summed E-state index contributed by atoms with van der Waals surface area (Å²) < 4.78 is 0.